The van der Waals surface area contributed by atoms with Crippen molar-refractivity contribution in [2.75, 3.05) is 11.1 Å². The Morgan fingerprint density at radius 1 is 1.10 bits per heavy atom. The van der Waals surface area contributed by atoms with Crippen LogP contribution in [0.3, 0.4) is 0 Å². The van der Waals surface area contributed by atoms with Gasteiger partial charge in [0, 0.05) is 33.3 Å². The molecule has 0 amide bonds. The van der Waals surface area contributed by atoms with Crippen molar-refractivity contribution in [2.24, 2.45) is 0 Å². The van der Waals surface area contributed by atoms with E-state index in [1.54, 1.807) is 23.9 Å². The molecule has 5 aromatic rings. The molecule has 3 aromatic heterocycles. The number of benzene rings is 2. The predicted octanol–water partition coefficient (Wildman–Crippen LogP) is 5.77. The lowest BCUT2D eigenvalue weighted by molar-refractivity contribution is 1.18. The molecule has 7 heteroatoms. The summed E-state index contributed by atoms with van der Waals surface area (Å²) in [5, 5.41) is 6.33. The Hall–Kier alpha value is -3.09. The molecule has 0 bridgehead atoms. The SMILES string of the molecule is Cc1cccc(Cl)c1-c1c(NCc2cccs2)ccc2c1nc(N)c1cncn12. The van der Waals surface area contributed by atoms with Crippen LogP contribution in [0, 0.1) is 6.92 Å². The van der Waals surface area contributed by atoms with Crippen LogP contribution in [0.5, 0.6) is 0 Å². The summed E-state index contributed by atoms with van der Waals surface area (Å²) in [6, 6.07) is 14.2. The molecule has 3 heterocycles. The lowest BCUT2D eigenvalue weighted by Gasteiger charge is -2.18. The minimum atomic E-state index is 0.441. The zero-order chi connectivity index (χ0) is 20.0. The van der Waals surface area contributed by atoms with Crippen LogP contribution in [0.2, 0.25) is 5.02 Å². The van der Waals surface area contributed by atoms with Crippen LogP contribution < -0.4 is 11.1 Å². The summed E-state index contributed by atoms with van der Waals surface area (Å²) in [6.45, 7) is 2.78. The van der Waals surface area contributed by atoms with Gasteiger partial charge in [-0.05, 0) is 42.1 Å². The molecular formula is C22H18ClN5S. The highest BCUT2D eigenvalue weighted by Crippen LogP contribution is 2.41. The summed E-state index contributed by atoms with van der Waals surface area (Å²) in [5.41, 5.74) is 12.7. The highest BCUT2D eigenvalue weighted by Gasteiger charge is 2.19. The molecule has 0 unspecified atom stereocenters. The van der Waals surface area contributed by atoms with E-state index in [0.717, 1.165) is 45.5 Å². The van der Waals surface area contributed by atoms with Crippen molar-refractivity contribution in [3.8, 4) is 11.1 Å². The van der Waals surface area contributed by atoms with Gasteiger partial charge in [-0.3, -0.25) is 4.40 Å². The molecule has 0 saturated heterocycles. The summed E-state index contributed by atoms with van der Waals surface area (Å²) in [4.78, 5) is 10.3. The smallest absolute Gasteiger partial charge is 0.150 e. The summed E-state index contributed by atoms with van der Waals surface area (Å²) < 4.78 is 1.97. The molecule has 0 aliphatic heterocycles. The van der Waals surface area contributed by atoms with Crippen LogP contribution in [-0.2, 0) is 6.54 Å². The largest absolute Gasteiger partial charge is 0.382 e. The summed E-state index contributed by atoms with van der Waals surface area (Å²) >= 11 is 8.39. The second kappa shape index (κ2) is 7.06. The van der Waals surface area contributed by atoms with Gasteiger partial charge < -0.3 is 11.1 Å². The molecule has 5 rings (SSSR count). The normalized spacial score (nSPS) is 11.4. The van der Waals surface area contributed by atoms with E-state index in [4.69, 9.17) is 22.3 Å². The molecule has 29 heavy (non-hydrogen) atoms. The van der Waals surface area contributed by atoms with Crippen molar-refractivity contribution in [1.29, 1.82) is 0 Å². The maximum absolute atomic E-state index is 6.67. The van der Waals surface area contributed by atoms with E-state index in [9.17, 15) is 0 Å². The molecule has 0 radical (unpaired) electrons. The first kappa shape index (κ1) is 18.0. The van der Waals surface area contributed by atoms with Crippen molar-refractivity contribution >= 4 is 51.0 Å². The number of nitrogens with two attached hydrogens (primary N) is 1. The second-order valence-electron chi connectivity index (χ2n) is 6.87. The van der Waals surface area contributed by atoms with Gasteiger partial charge in [0.25, 0.3) is 0 Å². The number of anilines is 2. The monoisotopic (exact) mass is 419 g/mol. The Kier molecular flexibility index (Phi) is 4.38. The highest BCUT2D eigenvalue weighted by molar-refractivity contribution is 7.09. The standard InChI is InChI=1S/C22H18ClN5S/c1-13-4-2-6-15(23)19(13)20-16(26-10-14-5-3-9-29-14)7-8-17-21(20)27-22(24)18-11-25-12-28(17)18/h2-9,11-12,26H,10H2,1H3,(H2,24,27). The van der Waals surface area contributed by atoms with Gasteiger partial charge in [0.1, 0.15) is 11.3 Å². The first-order valence-corrected chi connectivity index (χ1v) is 10.4. The Balaban J connectivity index is 1.81. The fourth-order valence-corrected chi connectivity index (χ4v) is 4.65. The van der Waals surface area contributed by atoms with Crippen LogP contribution in [0.15, 0.2) is 60.4 Å². The molecule has 2 aromatic carbocycles. The van der Waals surface area contributed by atoms with Crippen LogP contribution in [0.4, 0.5) is 11.5 Å². The number of nitrogen functional groups attached to an aromatic ring is 1. The zero-order valence-electron chi connectivity index (χ0n) is 15.7. The van der Waals surface area contributed by atoms with Gasteiger partial charge in [0.05, 0.1) is 23.6 Å². The third-order valence-electron chi connectivity index (χ3n) is 5.05. The molecule has 0 aliphatic rings. The van der Waals surface area contributed by atoms with E-state index < -0.39 is 0 Å². The number of nitrogens with one attached hydrogen (secondary N) is 1. The molecule has 5 nitrogen and oxygen atoms in total. The molecule has 0 atom stereocenters. The summed E-state index contributed by atoms with van der Waals surface area (Å²) in [5.74, 6) is 0.441. The third kappa shape index (κ3) is 3.01. The average molecular weight is 420 g/mol. The quantitative estimate of drug-likeness (QED) is 0.388. The first-order chi connectivity index (χ1) is 14.1. The topological polar surface area (TPSA) is 68.2 Å². The summed E-state index contributed by atoms with van der Waals surface area (Å²) in [6.07, 6.45) is 3.49. The van der Waals surface area contributed by atoms with Crippen LogP contribution >= 0.6 is 22.9 Å². The first-order valence-electron chi connectivity index (χ1n) is 9.19. The number of halogens is 1. The zero-order valence-corrected chi connectivity index (χ0v) is 17.3. The Labute approximate surface area is 176 Å². The van der Waals surface area contributed by atoms with Crippen LogP contribution in [-0.4, -0.2) is 14.4 Å². The number of aryl methyl sites for hydroxylation is 1. The van der Waals surface area contributed by atoms with Crippen molar-refractivity contribution in [3.63, 3.8) is 0 Å². The Morgan fingerprint density at radius 3 is 2.79 bits per heavy atom. The van der Waals surface area contributed by atoms with Gasteiger partial charge in [-0.15, -0.1) is 11.3 Å². The predicted molar refractivity (Wildman–Crippen MR) is 122 cm³/mol. The maximum Gasteiger partial charge on any atom is 0.150 e. The fraction of sp³-hybridized carbons (Fsp3) is 0.0909. The molecular weight excluding hydrogens is 402 g/mol. The van der Waals surface area contributed by atoms with E-state index in [2.05, 4.69) is 46.9 Å². The minimum Gasteiger partial charge on any atom is -0.382 e. The number of hydrogen-bond donors (Lipinski definition) is 2. The minimum absolute atomic E-state index is 0.441. The molecule has 0 saturated carbocycles. The number of thiophene rings is 1. The van der Waals surface area contributed by atoms with Gasteiger partial charge in [0.2, 0.25) is 0 Å². The van der Waals surface area contributed by atoms with Gasteiger partial charge in [-0.2, -0.15) is 0 Å². The number of hydrogen-bond acceptors (Lipinski definition) is 5. The molecule has 144 valence electrons. The number of imidazole rings is 1. The number of rotatable bonds is 4. The third-order valence-corrected chi connectivity index (χ3v) is 6.25. The Morgan fingerprint density at radius 2 is 2.00 bits per heavy atom. The van der Waals surface area contributed by atoms with E-state index in [0.29, 0.717) is 10.8 Å². The van der Waals surface area contributed by atoms with E-state index in [1.165, 1.54) is 4.88 Å². The van der Waals surface area contributed by atoms with Gasteiger partial charge in [-0.25, -0.2) is 9.97 Å². The van der Waals surface area contributed by atoms with Crippen molar-refractivity contribution in [2.45, 2.75) is 13.5 Å². The van der Waals surface area contributed by atoms with Gasteiger partial charge in [-0.1, -0.05) is 29.8 Å². The van der Waals surface area contributed by atoms with Gasteiger partial charge >= 0.3 is 0 Å². The van der Waals surface area contributed by atoms with Crippen molar-refractivity contribution in [1.82, 2.24) is 14.4 Å². The molecule has 0 fully saturated rings. The van der Waals surface area contributed by atoms with Crippen LogP contribution in [0.1, 0.15) is 10.4 Å². The lowest BCUT2D eigenvalue weighted by atomic mass is 9.97. The van der Waals surface area contributed by atoms with Crippen molar-refractivity contribution < 1.29 is 0 Å². The average Bonchev–Trinajstić information content (AvgIpc) is 3.39. The van der Waals surface area contributed by atoms with Crippen molar-refractivity contribution in [3.05, 3.63) is 75.8 Å². The summed E-state index contributed by atoms with van der Waals surface area (Å²) in [7, 11) is 0. The fourth-order valence-electron chi connectivity index (χ4n) is 3.69. The van der Waals surface area contributed by atoms with Crippen LogP contribution in [0.25, 0.3) is 27.7 Å². The van der Waals surface area contributed by atoms with Gasteiger partial charge in [0.15, 0.2) is 0 Å². The number of nitrogens with zero attached hydrogens (tertiary/aromatic N) is 3. The number of fused-ring (bicyclic) bond motifs is 3. The molecule has 0 spiro atoms. The van der Waals surface area contributed by atoms with E-state index in [-0.39, 0.29) is 0 Å². The molecule has 0 aliphatic carbocycles. The maximum atomic E-state index is 6.67. The van der Waals surface area contributed by atoms with E-state index in [1.807, 2.05) is 22.6 Å². The molecule has 3 N–H and O–H groups in total. The second-order valence-corrected chi connectivity index (χ2v) is 8.31. The van der Waals surface area contributed by atoms with E-state index >= 15 is 0 Å². The highest BCUT2D eigenvalue weighted by atomic mass is 35.5. The Bertz CT molecular complexity index is 1320. The lowest BCUT2D eigenvalue weighted by Crippen LogP contribution is -2.04. The number of aromatic nitrogens is 3.